The molecule has 4 rings (SSSR count). The summed E-state index contributed by atoms with van der Waals surface area (Å²) in [5, 5.41) is 10.3. The minimum atomic E-state index is 0.658. The van der Waals surface area contributed by atoms with Crippen LogP contribution >= 0.6 is 0 Å². The molecule has 110 valence electrons. The van der Waals surface area contributed by atoms with Crippen LogP contribution < -0.4 is 4.74 Å². The molecule has 0 aliphatic rings. The van der Waals surface area contributed by atoms with Gasteiger partial charge < -0.3 is 9.26 Å². The number of benzene rings is 1. The largest absolute Gasteiger partial charge is 0.496 e. The molecule has 22 heavy (non-hydrogen) atoms. The summed E-state index contributed by atoms with van der Waals surface area (Å²) in [7, 11) is 1.64. The van der Waals surface area contributed by atoms with Gasteiger partial charge in [0.25, 0.3) is 0 Å². The predicted molar refractivity (Wildman–Crippen MR) is 82.8 cm³/mol. The number of pyridine rings is 1. The fraction of sp³-hybridized carbons (Fsp3) is 0.188. The predicted octanol–water partition coefficient (Wildman–Crippen LogP) is 3.27. The van der Waals surface area contributed by atoms with E-state index in [0.717, 1.165) is 39.8 Å². The van der Waals surface area contributed by atoms with Crippen molar-refractivity contribution in [2.24, 2.45) is 0 Å². The van der Waals surface area contributed by atoms with Gasteiger partial charge in [-0.1, -0.05) is 17.3 Å². The molecule has 0 radical (unpaired) electrons. The van der Waals surface area contributed by atoms with Gasteiger partial charge in [0.2, 0.25) is 0 Å². The van der Waals surface area contributed by atoms with Crippen molar-refractivity contribution in [3.8, 4) is 17.1 Å². The van der Waals surface area contributed by atoms with E-state index in [1.807, 2.05) is 35.9 Å². The monoisotopic (exact) mass is 294 g/mol. The van der Waals surface area contributed by atoms with Gasteiger partial charge in [0, 0.05) is 12.7 Å². The molecule has 0 aliphatic carbocycles. The second-order valence-corrected chi connectivity index (χ2v) is 4.93. The normalized spacial score (nSPS) is 11.4. The van der Waals surface area contributed by atoms with Gasteiger partial charge >= 0.3 is 0 Å². The number of fused-ring (bicyclic) bond motifs is 3. The van der Waals surface area contributed by atoms with E-state index in [-0.39, 0.29) is 0 Å². The molecule has 0 fully saturated rings. The molecule has 0 unspecified atom stereocenters. The average Bonchev–Trinajstić information content (AvgIpc) is 3.17. The summed E-state index contributed by atoms with van der Waals surface area (Å²) in [6.45, 7) is 2.79. The van der Waals surface area contributed by atoms with Crippen molar-refractivity contribution in [1.29, 1.82) is 0 Å². The number of hydrogen-bond donors (Lipinski definition) is 0. The Kier molecular flexibility index (Phi) is 2.82. The maximum absolute atomic E-state index is 5.59. The highest BCUT2D eigenvalue weighted by molar-refractivity contribution is 6.06. The summed E-state index contributed by atoms with van der Waals surface area (Å²) in [6.07, 6.45) is 3.56. The zero-order valence-electron chi connectivity index (χ0n) is 12.3. The number of methoxy groups -OCH3 is 1. The van der Waals surface area contributed by atoms with E-state index < -0.39 is 0 Å². The number of para-hydroxylation sites is 1. The Balaban J connectivity index is 2.01. The van der Waals surface area contributed by atoms with Gasteiger partial charge in [-0.25, -0.2) is 9.67 Å². The summed E-state index contributed by atoms with van der Waals surface area (Å²) >= 11 is 0. The second kappa shape index (κ2) is 4.84. The minimum Gasteiger partial charge on any atom is -0.496 e. The van der Waals surface area contributed by atoms with Crippen LogP contribution in [0.2, 0.25) is 0 Å². The van der Waals surface area contributed by atoms with Crippen molar-refractivity contribution < 1.29 is 9.26 Å². The maximum Gasteiger partial charge on any atom is 0.180 e. The Hall–Kier alpha value is -2.89. The Morgan fingerprint density at radius 3 is 2.86 bits per heavy atom. The molecular formula is C16H14N4O2. The van der Waals surface area contributed by atoms with Crippen molar-refractivity contribution in [3.05, 3.63) is 36.7 Å². The van der Waals surface area contributed by atoms with E-state index in [1.54, 1.807) is 19.5 Å². The van der Waals surface area contributed by atoms with Crippen LogP contribution in [0.25, 0.3) is 33.3 Å². The molecule has 4 aromatic rings. The first kappa shape index (κ1) is 12.8. The van der Waals surface area contributed by atoms with Crippen molar-refractivity contribution in [3.63, 3.8) is 0 Å². The van der Waals surface area contributed by atoms with Crippen LogP contribution in [-0.4, -0.2) is 27.0 Å². The quantitative estimate of drug-likeness (QED) is 0.580. The standard InChI is InChI=1S/C16H14N4O2/c1-3-20-16-12(9-18-20)14-11(8-17-16)15(22-19-14)10-6-4-5-7-13(10)21-2/h4-9H,3H2,1-2H3. The maximum atomic E-state index is 5.59. The van der Waals surface area contributed by atoms with Crippen molar-refractivity contribution in [2.45, 2.75) is 13.5 Å². The second-order valence-electron chi connectivity index (χ2n) is 4.93. The van der Waals surface area contributed by atoms with E-state index in [4.69, 9.17) is 9.26 Å². The summed E-state index contributed by atoms with van der Waals surface area (Å²) < 4.78 is 12.8. The molecule has 0 spiro atoms. The van der Waals surface area contributed by atoms with E-state index >= 15 is 0 Å². The van der Waals surface area contributed by atoms with Crippen LogP contribution in [0.15, 0.2) is 41.2 Å². The van der Waals surface area contributed by atoms with Gasteiger partial charge in [0.1, 0.15) is 11.3 Å². The smallest absolute Gasteiger partial charge is 0.180 e. The lowest BCUT2D eigenvalue weighted by Crippen LogP contribution is -1.96. The molecule has 0 aliphatic heterocycles. The molecule has 6 nitrogen and oxygen atoms in total. The molecule has 0 atom stereocenters. The Morgan fingerprint density at radius 1 is 1.18 bits per heavy atom. The molecule has 0 saturated heterocycles. The summed E-state index contributed by atoms with van der Waals surface area (Å²) in [5.74, 6) is 1.40. The van der Waals surface area contributed by atoms with E-state index in [2.05, 4.69) is 15.2 Å². The van der Waals surface area contributed by atoms with Crippen LogP contribution in [0.1, 0.15) is 6.92 Å². The third-order valence-corrected chi connectivity index (χ3v) is 3.76. The molecule has 6 heteroatoms. The third-order valence-electron chi connectivity index (χ3n) is 3.76. The molecule has 0 amide bonds. The highest BCUT2D eigenvalue weighted by Crippen LogP contribution is 2.36. The number of aromatic nitrogens is 4. The summed E-state index contributed by atoms with van der Waals surface area (Å²) in [4.78, 5) is 4.51. The van der Waals surface area contributed by atoms with Crippen molar-refractivity contribution in [2.75, 3.05) is 7.11 Å². The highest BCUT2D eigenvalue weighted by Gasteiger charge is 2.18. The highest BCUT2D eigenvalue weighted by atomic mass is 16.5. The SMILES string of the molecule is CCn1ncc2c3noc(-c4ccccc4OC)c3cnc21. The number of rotatable bonds is 3. The van der Waals surface area contributed by atoms with Crippen molar-refractivity contribution in [1.82, 2.24) is 19.9 Å². The van der Waals surface area contributed by atoms with Crippen LogP contribution in [0.3, 0.4) is 0 Å². The minimum absolute atomic E-state index is 0.658. The molecule has 0 bridgehead atoms. The lowest BCUT2D eigenvalue weighted by atomic mass is 10.1. The Labute approximate surface area is 126 Å². The summed E-state index contributed by atoms with van der Waals surface area (Å²) in [5.41, 5.74) is 2.44. The molecular weight excluding hydrogens is 280 g/mol. The van der Waals surface area contributed by atoms with E-state index in [1.165, 1.54) is 0 Å². The molecule has 0 saturated carbocycles. The van der Waals surface area contributed by atoms with E-state index in [9.17, 15) is 0 Å². The average molecular weight is 294 g/mol. The van der Waals surface area contributed by atoms with Crippen LogP contribution in [0, 0.1) is 0 Å². The van der Waals surface area contributed by atoms with Gasteiger partial charge in [-0.3, -0.25) is 0 Å². The topological polar surface area (TPSA) is 66.0 Å². The number of ether oxygens (including phenoxy) is 1. The fourth-order valence-electron chi connectivity index (χ4n) is 2.68. The van der Waals surface area contributed by atoms with Crippen LogP contribution in [0.5, 0.6) is 5.75 Å². The fourth-order valence-corrected chi connectivity index (χ4v) is 2.68. The van der Waals surface area contributed by atoms with Gasteiger partial charge in [0.15, 0.2) is 11.4 Å². The number of aryl methyl sites for hydroxylation is 1. The first-order chi connectivity index (χ1) is 10.8. The lowest BCUT2D eigenvalue weighted by Gasteiger charge is -2.04. The van der Waals surface area contributed by atoms with Gasteiger partial charge in [-0.2, -0.15) is 5.10 Å². The molecule has 0 N–H and O–H groups in total. The van der Waals surface area contributed by atoms with Crippen LogP contribution in [-0.2, 0) is 6.54 Å². The van der Waals surface area contributed by atoms with Crippen LogP contribution in [0.4, 0.5) is 0 Å². The lowest BCUT2D eigenvalue weighted by molar-refractivity contribution is 0.408. The molecule has 3 aromatic heterocycles. The zero-order chi connectivity index (χ0) is 15.1. The number of hydrogen-bond acceptors (Lipinski definition) is 5. The van der Waals surface area contributed by atoms with Gasteiger partial charge in [-0.15, -0.1) is 0 Å². The third kappa shape index (κ3) is 1.70. The first-order valence-corrected chi connectivity index (χ1v) is 7.06. The van der Waals surface area contributed by atoms with Gasteiger partial charge in [-0.05, 0) is 19.1 Å². The first-order valence-electron chi connectivity index (χ1n) is 7.06. The van der Waals surface area contributed by atoms with Gasteiger partial charge in [0.05, 0.1) is 29.6 Å². The Morgan fingerprint density at radius 2 is 2.05 bits per heavy atom. The Bertz CT molecular complexity index is 971. The zero-order valence-corrected chi connectivity index (χ0v) is 12.3. The summed E-state index contributed by atoms with van der Waals surface area (Å²) in [6, 6.07) is 7.69. The molecule has 3 heterocycles. The number of nitrogens with zero attached hydrogens (tertiary/aromatic N) is 4. The van der Waals surface area contributed by atoms with Crippen molar-refractivity contribution >= 4 is 21.9 Å². The van der Waals surface area contributed by atoms with E-state index in [0.29, 0.717) is 5.76 Å². The molecule has 1 aromatic carbocycles.